The van der Waals surface area contributed by atoms with Crippen LogP contribution in [0.2, 0.25) is 0 Å². The van der Waals surface area contributed by atoms with E-state index in [0.29, 0.717) is 37.7 Å². The lowest BCUT2D eigenvalue weighted by atomic mass is 10.2. The first kappa shape index (κ1) is 16.1. The summed E-state index contributed by atoms with van der Waals surface area (Å²) in [7, 11) is 1.55. The number of rotatable bonds is 3. The fourth-order valence-electron chi connectivity index (χ4n) is 2.53. The molecule has 0 bridgehead atoms. The Balaban J connectivity index is 1.94. The summed E-state index contributed by atoms with van der Waals surface area (Å²) >= 11 is 0. The number of anilines is 2. The Labute approximate surface area is 137 Å². The van der Waals surface area contributed by atoms with Gasteiger partial charge in [0, 0.05) is 25.7 Å². The molecule has 1 saturated heterocycles. The van der Waals surface area contributed by atoms with Gasteiger partial charge in [0.15, 0.2) is 0 Å². The summed E-state index contributed by atoms with van der Waals surface area (Å²) in [6.07, 6.45) is 1.42. The summed E-state index contributed by atoms with van der Waals surface area (Å²) in [6, 6.07) is 5.35. The predicted molar refractivity (Wildman–Crippen MR) is 86.9 cm³/mol. The highest BCUT2D eigenvalue weighted by Gasteiger charge is 2.21. The van der Waals surface area contributed by atoms with Crippen molar-refractivity contribution in [2.45, 2.75) is 0 Å². The SMILES string of the molecule is Cn1ncc(NC(=O)c2cccc(F)c2)c(N2CCOCC2)c1=O. The predicted octanol–water partition coefficient (Wildman–Crippen LogP) is 1.01. The molecular weight excluding hydrogens is 315 g/mol. The Kier molecular flexibility index (Phi) is 4.57. The van der Waals surface area contributed by atoms with E-state index in [1.807, 2.05) is 4.90 Å². The minimum absolute atomic E-state index is 0.170. The number of nitrogens with zero attached hydrogens (tertiary/aromatic N) is 3. The molecule has 7 nitrogen and oxygen atoms in total. The highest BCUT2D eigenvalue weighted by atomic mass is 19.1. The maximum Gasteiger partial charge on any atom is 0.292 e. The Hall–Kier alpha value is -2.74. The van der Waals surface area contributed by atoms with Gasteiger partial charge < -0.3 is 15.0 Å². The van der Waals surface area contributed by atoms with Crippen molar-refractivity contribution < 1.29 is 13.9 Å². The van der Waals surface area contributed by atoms with Gasteiger partial charge in [0.25, 0.3) is 11.5 Å². The topological polar surface area (TPSA) is 76.5 Å². The number of nitrogens with one attached hydrogen (secondary N) is 1. The van der Waals surface area contributed by atoms with E-state index in [9.17, 15) is 14.0 Å². The number of amides is 1. The summed E-state index contributed by atoms with van der Waals surface area (Å²) in [5.41, 5.74) is 0.521. The van der Waals surface area contributed by atoms with Gasteiger partial charge in [-0.05, 0) is 18.2 Å². The molecule has 0 spiro atoms. The number of aryl methyl sites for hydroxylation is 1. The first-order valence-electron chi connectivity index (χ1n) is 7.52. The number of benzene rings is 1. The van der Waals surface area contributed by atoms with Crippen molar-refractivity contribution in [2.75, 3.05) is 36.5 Å². The average Bonchev–Trinajstić information content (AvgIpc) is 2.59. The summed E-state index contributed by atoms with van der Waals surface area (Å²) in [5.74, 6) is -1.00. The van der Waals surface area contributed by atoms with E-state index in [4.69, 9.17) is 4.74 Å². The van der Waals surface area contributed by atoms with Crippen LogP contribution in [0.15, 0.2) is 35.3 Å². The van der Waals surface area contributed by atoms with Crippen molar-refractivity contribution in [3.8, 4) is 0 Å². The van der Waals surface area contributed by atoms with Crippen LogP contribution in [0.3, 0.4) is 0 Å². The van der Waals surface area contributed by atoms with Gasteiger partial charge in [-0.1, -0.05) is 6.07 Å². The van der Waals surface area contributed by atoms with E-state index in [-0.39, 0.29) is 11.1 Å². The zero-order valence-corrected chi connectivity index (χ0v) is 13.2. The largest absolute Gasteiger partial charge is 0.378 e. The van der Waals surface area contributed by atoms with Crippen LogP contribution in [-0.4, -0.2) is 42.0 Å². The number of halogens is 1. The molecule has 0 saturated carbocycles. The molecule has 3 rings (SSSR count). The van der Waals surface area contributed by atoms with Crippen LogP contribution in [-0.2, 0) is 11.8 Å². The van der Waals surface area contributed by atoms with Crippen molar-refractivity contribution >= 4 is 17.3 Å². The van der Waals surface area contributed by atoms with Gasteiger partial charge in [-0.25, -0.2) is 9.07 Å². The van der Waals surface area contributed by atoms with Crippen molar-refractivity contribution in [1.29, 1.82) is 0 Å². The maximum atomic E-state index is 13.3. The van der Waals surface area contributed by atoms with E-state index >= 15 is 0 Å². The summed E-state index contributed by atoms with van der Waals surface area (Å²) in [5, 5.41) is 6.61. The second kappa shape index (κ2) is 6.79. The molecule has 24 heavy (non-hydrogen) atoms. The minimum Gasteiger partial charge on any atom is -0.378 e. The molecule has 0 atom stereocenters. The summed E-state index contributed by atoms with van der Waals surface area (Å²) in [6.45, 7) is 2.09. The second-order valence-corrected chi connectivity index (χ2v) is 5.40. The van der Waals surface area contributed by atoms with E-state index in [0.717, 1.165) is 6.07 Å². The molecule has 0 radical (unpaired) electrons. The van der Waals surface area contributed by atoms with Crippen LogP contribution in [0, 0.1) is 5.82 Å². The first-order valence-corrected chi connectivity index (χ1v) is 7.52. The van der Waals surface area contributed by atoms with Crippen molar-refractivity contribution in [1.82, 2.24) is 9.78 Å². The lowest BCUT2D eigenvalue weighted by Gasteiger charge is -2.29. The van der Waals surface area contributed by atoms with Crippen molar-refractivity contribution in [3.63, 3.8) is 0 Å². The molecule has 8 heteroatoms. The fraction of sp³-hybridized carbons (Fsp3) is 0.312. The lowest BCUT2D eigenvalue weighted by Crippen LogP contribution is -2.41. The molecule has 0 aliphatic carbocycles. The van der Waals surface area contributed by atoms with Gasteiger partial charge >= 0.3 is 0 Å². The third-order valence-corrected chi connectivity index (χ3v) is 3.77. The standard InChI is InChI=1S/C16H17FN4O3/c1-20-16(23)14(21-5-7-24-8-6-21)13(10-18-20)19-15(22)11-3-2-4-12(17)9-11/h2-4,9-10H,5-8H2,1H3,(H,19,22). The monoisotopic (exact) mass is 332 g/mol. The zero-order valence-electron chi connectivity index (χ0n) is 13.2. The van der Waals surface area contributed by atoms with Crippen LogP contribution in [0.4, 0.5) is 15.8 Å². The number of aromatic nitrogens is 2. The van der Waals surface area contributed by atoms with Crippen molar-refractivity contribution in [2.24, 2.45) is 7.05 Å². The smallest absolute Gasteiger partial charge is 0.292 e. The van der Waals surface area contributed by atoms with E-state index in [2.05, 4.69) is 10.4 Å². The number of hydrogen-bond acceptors (Lipinski definition) is 5. The molecule has 126 valence electrons. The van der Waals surface area contributed by atoms with Gasteiger partial charge in [-0.15, -0.1) is 0 Å². The van der Waals surface area contributed by atoms with Crippen LogP contribution in [0.5, 0.6) is 0 Å². The average molecular weight is 332 g/mol. The Morgan fingerprint density at radius 2 is 2.08 bits per heavy atom. The molecule has 0 unspecified atom stereocenters. The van der Waals surface area contributed by atoms with Gasteiger partial charge in [0.05, 0.1) is 25.1 Å². The minimum atomic E-state index is -0.502. The van der Waals surface area contributed by atoms with Crippen LogP contribution in [0.25, 0.3) is 0 Å². The van der Waals surface area contributed by atoms with Gasteiger partial charge in [0.2, 0.25) is 0 Å². The molecule has 1 fully saturated rings. The van der Waals surface area contributed by atoms with Gasteiger partial charge in [-0.3, -0.25) is 9.59 Å². The number of carbonyl (C=O) groups is 1. The molecule has 1 amide bonds. The van der Waals surface area contributed by atoms with Gasteiger partial charge in [0.1, 0.15) is 11.5 Å². The quantitative estimate of drug-likeness (QED) is 0.908. The van der Waals surface area contributed by atoms with E-state index in [1.54, 1.807) is 7.05 Å². The van der Waals surface area contributed by atoms with Crippen LogP contribution in [0.1, 0.15) is 10.4 Å². The highest BCUT2D eigenvalue weighted by Crippen LogP contribution is 2.22. The van der Waals surface area contributed by atoms with E-state index in [1.165, 1.54) is 29.1 Å². The maximum absolute atomic E-state index is 13.3. The molecule has 1 aliphatic heterocycles. The summed E-state index contributed by atoms with van der Waals surface area (Å²) in [4.78, 5) is 26.7. The molecular formula is C16H17FN4O3. The second-order valence-electron chi connectivity index (χ2n) is 5.40. The van der Waals surface area contributed by atoms with Crippen LogP contribution >= 0.6 is 0 Å². The Morgan fingerprint density at radius 3 is 2.79 bits per heavy atom. The molecule has 1 aromatic heterocycles. The molecule has 2 heterocycles. The molecule has 1 aliphatic rings. The normalized spacial score (nSPS) is 14.5. The molecule has 2 aromatic rings. The lowest BCUT2D eigenvalue weighted by molar-refractivity contribution is 0.102. The third kappa shape index (κ3) is 3.28. The first-order chi connectivity index (χ1) is 11.6. The fourth-order valence-corrected chi connectivity index (χ4v) is 2.53. The van der Waals surface area contributed by atoms with Crippen molar-refractivity contribution in [3.05, 3.63) is 52.2 Å². The zero-order chi connectivity index (χ0) is 17.1. The Bertz CT molecular complexity index is 815. The van der Waals surface area contributed by atoms with E-state index < -0.39 is 11.7 Å². The third-order valence-electron chi connectivity index (χ3n) is 3.77. The van der Waals surface area contributed by atoms with Gasteiger partial charge in [-0.2, -0.15) is 5.10 Å². The van der Waals surface area contributed by atoms with Crippen LogP contribution < -0.4 is 15.8 Å². The molecule has 1 N–H and O–H groups in total. The molecule has 1 aromatic carbocycles. The number of hydrogen-bond donors (Lipinski definition) is 1. The summed E-state index contributed by atoms with van der Waals surface area (Å²) < 4.78 is 19.8. The number of morpholine rings is 1. The number of ether oxygens (including phenoxy) is 1. The highest BCUT2D eigenvalue weighted by molar-refractivity contribution is 6.05. The Morgan fingerprint density at radius 1 is 1.33 bits per heavy atom. The number of carbonyl (C=O) groups excluding carboxylic acids is 1.